The van der Waals surface area contributed by atoms with Crippen molar-refractivity contribution in [3.05, 3.63) is 74.7 Å². The summed E-state index contributed by atoms with van der Waals surface area (Å²) in [6.07, 6.45) is 3.12. The zero-order valence-electron chi connectivity index (χ0n) is 15.1. The minimum absolute atomic E-state index is 0.148. The van der Waals surface area contributed by atoms with Gasteiger partial charge in [-0.2, -0.15) is 0 Å². The molecule has 0 bridgehead atoms. The number of carbonyl (C=O) groups excluding carboxylic acids is 2. The van der Waals surface area contributed by atoms with Crippen molar-refractivity contribution in [2.45, 2.75) is 20.4 Å². The third-order valence-electron chi connectivity index (χ3n) is 4.32. The van der Waals surface area contributed by atoms with Crippen LogP contribution in [0.4, 0.5) is 0 Å². The van der Waals surface area contributed by atoms with E-state index in [-0.39, 0.29) is 23.7 Å². The number of Topliss-reactive ketones (excluding diaryl/α,β-unsaturated/α-hetero) is 1. The van der Waals surface area contributed by atoms with Crippen molar-refractivity contribution in [1.29, 1.82) is 0 Å². The summed E-state index contributed by atoms with van der Waals surface area (Å²) in [5.74, 6) is -0.850. The Morgan fingerprint density at radius 2 is 1.93 bits per heavy atom. The molecule has 0 spiro atoms. The smallest absolute Gasteiger partial charge is 0.354 e. The van der Waals surface area contributed by atoms with Crippen molar-refractivity contribution < 1.29 is 14.3 Å². The minimum Gasteiger partial charge on any atom is -0.464 e. The first kappa shape index (κ1) is 18.7. The Bertz CT molecular complexity index is 1090. The van der Waals surface area contributed by atoms with Gasteiger partial charge in [0.05, 0.1) is 19.3 Å². The van der Waals surface area contributed by atoms with E-state index < -0.39 is 5.97 Å². The Morgan fingerprint density at radius 1 is 1.19 bits per heavy atom. The van der Waals surface area contributed by atoms with Crippen molar-refractivity contribution in [2.75, 3.05) is 7.11 Å². The lowest BCUT2D eigenvalue weighted by Crippen LogP contribution is -2.26. The average molecular weight is 388 g/mol. The molecule has 0 atom stereocenters. The third-order valence-corrected chi connectivity index (χ3v) is 4.72. The number of ether oxygens (including phenoxy) is 1. The molecule has 0 aliphatic rings. The molecule has 0 radical (unpaired) electrons. The second-order valence-electron chi connectivity index (χ2n) is 6.15. The van der Waals surface area contributed by atoms with E-state index in [0.29, 0.717) is 22.0 Å². The molecule has 0 saturated carbocycles. The standard InChI is InChI=1S/C19H18ClN3O4/c1-11-4-5-13(8-15(11)20)23-7-6-22(19(23)26)10-17(24)14-9-16(18(25)27-3)21-12(14)2/h4-9,21H,10H2,1-3H3. The molecule has 1 aromatic carbocycles. The molecule has 2 aromatic heterocycles. The molecule has 0 amide bonds. The summed E-state index contributed by atoms with van der Waals surface area (Å²) in [6.45, 7) is 3.41. The van der Waals surface area contributed by atoms with Crippen molar-refractivity contribution >= 4 is 23.4 Å². The van der Waals surface area contributed by atoms with Crippen LogP contribution in [-0.2, 0) is 11.3 Å². The molecule has 0 aliphatic carbocycles. The summed E-state index contributed by atoms with van der Waals surface area (Å²) < 4.78 is 7.37. The number of nitrogens with one attached hydrogen (secondary N) is 1. The maximum absolute atomic E-state index is 12.6. The van der Waals surface area contributed by atoms with Crippen molar-refractivity contribution in [2.24, 2.45) is 0 Å². The normalized spacial score (nSPS) is 10.8. The zero-order valence-corrected chi connectivity index (χ0v) is 15.8. The quantitative estimate of drug-likeness (QED) is 0.538. The number of hydrogen-bond donors (Lipinski definition) is 1. The number of methoxy groups -OCH3 is 1. The number of aryl methyl sites for hydroxylation is 2. The number of hydrogen-bond acceptors (Lipinski definition) is 4. The number of ketones is 1. The van der Waals surface area contributed by atoms with Crippen LogP contribution in [0.5, 0.6) is 0 Å². The summed E-state index contributed by atoms with van der Waals surface area (Å²) >= 11 is 6.13. The molecule has 1 N–H and O–H groups in total. The van der Waals surface area contributed by atoms with Crippen molar-refractivity contribution in [3.8, 4) is 5.69 Å². The maximum Gasteiger partial charge on any atom is 0.354 e. The fourth-order valence-electron chi connectivity index (χ4n) is 2.77. The second-order valence-corrected chi connectivity index (χ2v) is 6.56. The summed E-state index contributed by atoms with van der Waals surface area (Å²) in [5, 5.41) is 0.557. The van der Waals surface area contributed by atoms with Gasteiger partial charge in [0.25, 0.3) is 0 Å². The van der Waals surface area contributed by atoms with Gasteiger partial charge >= 0.3 is 11.7 Å². The van der Waals surface area contributed by atoms with Crippen molar-refractivity contribution in [1.82, 2.24) is 14.1 Å². The lowest BCUT2D eigenvalue weighted by molar-refractivity contribution is 0.0594. The molecular formula is C19H18ClN3O4. The Kier molecular flexibility index (Phi) is 5.05. The number of nitrogens with zero attached hydrogens (tertiary/aromatic N) is 2. The first-order chi connectivity index (χ1) is 12.8. The number of H-pyrrole nitrogens is 1. The van der Waals surface area contributed by atoms with E-state index in [1.807, 2.05) is 13.0 Å². The van der Waals surface area contributed by atoms with E-state index in [0.717, 1.165) is 5.56 Å². The minimum atomic E-state index is -0.559. The molecule has 0 aliphatic heterocycles. The fourth-order valence-corrected chi connectivity index (χ4v) is 2.94. The van der Waals surface area contributed by atoms with Gasteiger partial charge < -0.3 is 9.72 Å². The largest absolute Gasteiger partial charge is 0.464 e. The number of halogens is 1. The average Bonchev–Trinajstić information content (AvgIpc) is 3.20. The van der Waals surface area contributed by atoms with E-state index in [4.69, 9.17) is 11.6 Å². The molecule has 3 aromatic rings. The predicted octanol–water partition coefficient (Wildman–Crippen LogP) is 2.91. The SMILES string of the molecule is COC(=O)c1cc(C(=O)Cn2ccn(-c3ccc(C)c(Cl)c3)c2=O)c(C)[nH]1. The van der Waals surface area contributed by atoms with Crippen LogP contribution in [0, 0.1) is 13.8 Å². The monoisotopic (exact) mass is 387 g/mol. The van der Waals surface area contributed by atoms with Crippen LogP contribution in [-0.4, -0.2) is 33.0 Å². The number of imidazole rings is 1. The first-order valence-electron chi connectivity index (χ1n) is 8.17. The number of benzene rings is 1. The van der Waals surface area contributed by atoms with E-state index >= 15 is 0 Å². The van der Waals surface area contributed by atoms with Crippen LogP contribution in [0.1, 0.15) is 32.1 Å². The Labute approximate surface area is 160 Å². The number of rotatable bonds is 5. The summed E-state index contributed by atoms with van der Waals surface area (Å²) in [5.41, 5.74) is 2.24. The van der Waals surface area contributed by atoms with Gasteiger partial charge in [-0.1, -0.05) is 17.7 Å². The summed E-state index contributed by atoms with van der Waals surface area (Å²) in [7, 11) is 1.26. The number of aromatic amines is 1. The van der Waals surface area contributed by atoms with E-state index in [1.165, 1.54) is 28.5 Å². The molecule has 7 nitrogen and oxygen atoms in total. The Hall–Kier alpha value is -3.06. The summed E-state index contributed by atoms with van der Waals surface area (Å²) in [4.78, 5) is 39.6. The van der Waals surface area contributed by atoms with Gasteiger partial charge in [-0.05, 0) is 37.6 Å². The lowest BCUT2D eigenvalue weighted by Gasteiger charge is -2.04. The molecule has 3 rings (SSSR count). The first-order valence-corrected chi connectivity index (χ1v) is 8.55. The fraction of sp³-hybridized carbons (Fsp3) is 0.211. The molecule has 8 heteroatoms. The highest BCUT2D eigenvalue weighted by atomic mass is 35.5. The van der Waals surface area contributed by atoms with Crippen LogP contribution in [0.3, 0.4) is 0 Å². The number of carbonyl (C=O) groups is 2. The van der Waals surface area contributed by atoms with Crippen molar-refractivity contribution in [3.63, 3.8) is 0 Å². The van der Waals surface area contributed by atoms with E-state index in [1.54, 1.807) is 25.3 Å². The molecule has 0 fully saturated rings. The van der Waals surface area contributed by atoms with Crippen LogP contribution in [0.2, 0.25) is 5.02 Å². The maximum atomic E-state index is 12.6. The highest BCUT2D eigenvalue weighted by Crippen LogP contribution is 2.18. The number of esters is 1. The third kappa shape index (κ3) is 3.59. The van der Waals surface area contributed by atoms with E-state index in [2.05, 4.69) is 9.72 Å². The molecule has 0 saturated heterocycles. The predicted molar refractivity (Wildman–Crippen MR) is 101 cm³/mol. The highest BCUT2D eigenvalue weighted by molar-refractivity contribution is 6.31. The second kappa shape index (κ2) is 7.28. The molecule has 2 heterocycles. The van der Waals surface area contributed by atoms with Gasteiger partial charge in [-0.3, -0.25) is 13.9 Å². The molecule has 0 unspecified atom stereocenters. The molecule has 140 valence electrons. The lowest BCUT2D eigenvalue weighted by atomic mass is 10.1. The van der Waals surface area contributed by atoms with Gasteiger partial charge in [0.15, 0.2) is 5.78 Å². The van der Waals surface area contributed by atoms with Gasteiger partial charge in [0.1, 0.15) is 5.69 Å². The van der Waals surface area contributed by atoms with Crippen LogP contribution >= 0.6 is 11.6 Å². The van der Waals surface area contributed by atoms with Gasteiger partial charge in [-0.25, -0.2) is 9.59 Å². The topological polar surface area (TPSA) is 86.1 Å². The number of aromatic nitrogens is 3. The highest BCUT2D eigenvalue weighted by Gasteiger charge is 2.18. The van der Waals surface area contributed by atoms with Crippen LogP contribution in [0.15, 0.2) is 41.5 Å². The van der Waals surface area contributed by atoms with E-state index in [9.17, 15) is 14.4 Å². The Morgan fingerprint density at radius 3 is 2.59 bits per heavy atom. The van der Waals surface area contributed by atoms with Crippen LogP contribution < -0.4 is 5.69 Å². The van der Waals surface area contributed by atoms with Gasteiger partial charge in [0.2, 0.25) is 0 Å². The molecular weight excluding hydrogens is 370 g/mol. The summed E-state index contributed by atoms with van der Waals surface area (Å²) in [6, 6.07) is 6.74. The molecule has 27 heavy (non-hydrogen) atoms. The van der Waals surface area contributed by atoms with Crippen LogP contribution in [0.25, 0.3) is 5.69 Å². The van der Waals surface area contributed by atoms with Gasteiger partial charge in [-0.15, -0.1) is 0 Å². The Balaban J connectivity index is 1.87. The zero-order chi connectivity index (χ0) is 19.7. The van der Waals surface area contributed by atoms with Gasteiger partial charge in [0, 0.05) is 28.7 Å².